The van der Waals surface area contributed by atoms with E-state index in [0.29, 0.717) is 0 Å². The van der Waals surface area contributed by atoms with E-state index in [-0.39, 0.29) is 0 Å². The molecule has 1 aliphatic rings. The van der Waals surface area contributed by atoms with Crippen molar-refractivity contribution in [3.05, 3.63) is 17.7 Å². The molecule has 0 saturated heterocycles. The standard InChI is InChI=1S/C11H18N2S/c1-8-5-10-11(6-9(8)2)13(3-4-14)7-12-10/h7-9,14H,3-6H2,1-2H3. The molecule has 0 spiro atoms. The van der Waals surface area contributed by atoms with Gasteiger partial charge in [-0.1, -0.05) is 13.8 Å². The van der Waals surface area contributed by atoms with Crippen LogP contribution in [-0.4, -0.2) is 15.3 Å². The predicted molar refractivity (Wildman–Crippen MR) is 61.8 cm³/mol. The van der Waals surface area contributed by atoms with E-state index in [2.05, 4.69) is 36.0 Å². The minimum absolute atomic E-state index is 0.779. The lowest BCUT2D eigenvalue weighted by atomic mass is 9.82. The van der Waals surface area contributed by atoms with Crippen LogP contribution in [0.4, 0.5) is 0 Å². The Hall–Kier alpha value is -0.440. The second-order valence-electron chi connectivity index (χ2n) is 4.42. The van der Waals surface area contributed by atoms with Gasteiger partial charge in [-0.15, -0.1) is 0 Å². The van der Waals surface area contributed by atoms with Crippen molar-refractivity contribution in [2.45, 2.75) is 33.2 Å². The van der Waals surface area contributed by atoms with E-state index in [1.54, 1.807) is 0 Å². The van der Waals surface area contributed by atoms with E-state index in [1.807, 2.05) is 6.33 Å². The number of rotatable bonds is 2. The molecule has 1 aromatic rings. The van der Waals surface area contributed by atoms with Crippen LogP contribution >= 0.6 is 12.6 Å². The van der Waals surface area contributed by atoms with Crippen molar-refractivity contribution >= 4 is 12.6 Å². The molecule has 0 saturated carbocycles. The van der Waals surface area contributed by atoms with Gasteiger partial charge in [0.15, 0.2) is 0 Å². The molecule has 3 heteroatoms. The zero-order valence-corrected chi connectivity index (χ0v) is 9.80. The summed E-state index contributed by atoms with van der Waals surface area (Å²) in [7, 11) is 0. The highest BCUT2D eigenvalue weighted by Gasteiger charge is 2.25. The third-order valence-electron chi connectivity index (χ3n) is 3.38. The van der Waals surface area contributed by atoms with Crippen molar-refractivity contribution in [2.24, 2.45) is 11.8 Å². The number of hydrogen-bond acceptors (Lipinski definition) is 2. The van der Waals surface area contributed by atoms with Crippen molar-refractivity contribution in [2.75, 3.05) is 5.75 Å². The van der Waals surface area contributed by atoms with Crippen LogP contribution in [0.5, 0.6) is 0 Å². The van der Waals surface area contributed by atoms with Gasteiger partial charge in [-0.25, -0.2) is 4.98 Å². The van der Waals surface area contributed by atoms with Crippen LogP contribution in [0.2, 0.25) is 0 Å². The van der Waals surface area contributed by atoms with Crippen LogP contribution in [0.15, 0.2) is 6.33 Å². The minimum Gasteiger partial charge on any atom is -0.333 e. The Labute approximate surface area is 91.1 Å². The largest absolute Gasteiger partial charge is 0.333 e. The van der Waals surface area contributed by atoms with Gasteiger partial charge in [0.1, 0.15) is 0 Å². The maximum atomic E-state index is 4.49. The number of hydrogen-bond donors (Lipinski definition) is 1. The number of nitrogens with zero attached hydrogens (tertiary/aromatic N) is 2. The van der Waals surface area contributed by atoms with Crippen LogP contribution in [0.1, 0.15) is 25.2 Å². The molecule has 0 fully saturated rings. The Morgan fingerprint density at radius 1 is 1.43 bits per heavy atom. The lowest BCUT2D eigenvalue weighted by molar-refractivity contribution is 0.349. The molecular formula is C11H18N2S. The van der Waals surface area contributed by atoms with Crippen molar-refractivity contribution in [1.29, 1.82) is 0 Å². The van der Waals surface area contributed by atoms with Gasteiger partial charge in [0, 0.05) is 18.0 Å². The van der Waals surface area contributed by atoms with Crippen molar-refractivity contribution < 1.29 is 0 Å². The van der Waals surface area contributed by atoms with Gasteiger partial charge in [-0.05, 0) is 24.7 Å². The molecule has 14 heavy (non-hydrogen) atoms. The lowest BCUT2D eigenvalue weighted by Crippen LogP contribution is -2.22. The molecule has 78 valence electrons. The molecular weight excluding hydrogens is 192 g/mol. The highest BCUT2D eigenvalue weighted by molar-refractivity contribution is 7.80. The molecule has 1 aromatic heterocycles. The average Bonchev–Trinajstić information content (AvgIpc) is 2.51. The van der Waals surface area contributed by atoms with Gasteiger partial charge < -0.3 is 4.57 Å². The number of fused-ring (bicyclic) bond motifs is 1. The van der Waals surface area contributed by atoms with E-state index in [1.165, 1.54) is 17.8 Å². The number of imidazole rings is 1. The smallest absolute Gasteiger partial charge is 0.0951 e. The maximum Gasteiger partial charge on any atom is 0.0951 e. The molecule has 1 heterocycles. The zero-order chi connectivity index (χ0) is 10.1. The molecule has 0 aromatic carbocycles. The van der Waals surface area contributed by atoms with Crippen LogP contribution in [0, 0.1) is 11.8 Å². The number of thiol groups is 1. The van der Waals surface area contributed by atoms with Crippen molar-refractivity contribution in [3.8, 4) is 0 Å². The number of aromatic nitrogens is 2. The normalized spacial score (nSPS) is 26.2. The molecule has 1 aliphatic carbocycles. The molecule has 0 amide bonds. The predicted octanol–water partition coefficient (Wildman–Crippen LogP) is 2.18. The third-order valence-corrected chi connectivity index (χ3v) is 3.58. The van der Waals surface area contributed by atoms with Crippen LogP contribution in [0.3, 0.4) is 0 Å². The maximum absolute atomic E-state index is 4.49. The summed E-state index contributed by atoms with van der Waals surface area (Å²) < 4.78 is 2.27. The van der Waals surface area contributed by atoms with Gasteiger partial charge in [0.25, 0.3) is 0 Å². The highest BCUT2D eigenvalue weighted by atomic mass is 32.1. The van der Waals surface area contributed by atoms with E-state index in [4.69, 9.17) is 0 Å². The summed E-state index contributed by atoms with van der Waals surface area (Å²) in [6.45, 7) is 5.66. The van der Waals surface area contributed by atoms with Gasteiger partial charge in [0.2, 0.25) is 0 Å². The van der Waals surface area contributed by atoms with Crippen LogP contribution in [-0.2, 0) is 19.4 Å². The monoisotopic (exact) mass is 210 g/mol. The Bertz CT molecular complexity index is 306. The molecule has 0 bridgehead atoms. The molecule has 0 N–H and O–H groups in total. The first kappa shape index (κ1) is 10.1. The second-order valence-corrected chi connectivity index (χ2v) is 4.86. The Kier molecular flexibility index (Phi) is 2.86. The molecule has 0 radical (unpaired) electrons. The zero-order valence-electron chi connectivity index (χ0n) is 8.90. The molecule has 2 nitrogen and oxygen atoms in total. The Balaban J connectivity index is 2.26. The van der Waals surface area contributed by atoms with Gasteiger partial charge >= 0.3 is 0 Å². The van der Waals surface area contributed by atoms with Crippen LogP contribution < -0.4 is 0 Å². The summed E-state index contributed by atoms with van der Waals surface area (Å²) in [5.74, 6) is 2.46. The fourth-order valence-corrected chi connectivity index (χ4v) is 2.38. The lowest BCUT2D eigenvalue weighted by Gasteiger charge is -2.26. The van der Waals surface area contributed by atoms with E-state index in [0.717, 1.165) is 30.6 Å². The SMILES string of the molecule is CC1Cc2ncn(CCS)c2CC1C. The molecule has 2 atom stereocenters. The van der Waals surface area contributed by atoms with Crippen LogP contribution in [0.25, 0.3) is 0 Å². The molecule has 2 unspecified atom stereocenters. The fourth-order valence-electron chi connectivity index (χ4n) is 2.17. The summed E-state index contributed by atoms with van der Waals surface area (Å²) in [5.41, 5.74) is 2.77. The second kappa shape index (κ2) is 3.97. The number of aryl methyl sites for hydroxylation is 1. The summed E-state index contributed by atoms with van der Waals surface area (Å²) >= 11 is 4.27. The molecule has 0 aliphatic heterocycles. The molecule has 2 rings (SSSR count). The summed E-state index contributed by atoms with van der Waals surface area (Å²) in [6, 6.07) is 0. The Morgan fingerprint density at radius 3 is 2.86 bits per heavy atom. The fraction of sp³-hybridized carbons (Fsp3) is 0.727. The van der Waals surface area contributed by atoms with E-state index in [9.17, 15) is 0 Å². The van der Waals surface area contributed by atoms with Crippen molar-refractivity contribution in [3.63, 3.8) is 0 Å². The topological polar surface area (TPSA) is 17.8 Å². The summed E-state index contributed by atoms with van der Waals surface area (Å²) in [4.78, 5) is 4.49. The summed E-state index contributed by atoms with van der Waals surface area (Å²) in [6.07, 6.45) is 4.31. The summed E-state index contributed by atoms with van der Waals surface area (Å²) in [5, 5.41) is 0. The average molecular weight is 210 g/mol. The van der Waals surface area contributed by atoms with Gasteiger partial charge in [0.05, 0.1) is 12.0 Å². The van der Waals surface area contributed by atoms with Gasteiger partial charge in [-0.2, -0.15) is 12.6 Å². The first-order valence-corrected chi connectivity index (χ1v) is 5.99. The van der Waals surface area contributed by atoms with Crippen molar-refractivity contribution in [1.82, 2.24) is 9.55 Å². The first-order valence-electron chi connectivity index (χ1n) is 5.36. The van der Waals surface area contributed by atoms with Gasteiger partial charge in [-0.3, -0.25) is 0 Å². The minimum atomic E-state index is 0.779. The first-order chi connectivity index (χ1) is 6.72. The highest BCUT2D eigenvalue weighted by Crippen LogP contribution is 2.28. The quantitative estimate of drug-likeness (QED) is 0.741. The van der Waals surface area contributed by atoms with E-state index < -0.39 is 0 Å². The Morgan fingerprint density at radius 2 is 2.14 bits per heavy atom. The third kappa shape index (κ3) is 1.70. The van der Waals surface area contributed by atoms with E-state index >= 15 is 0 Å².